The Morgan fingerprint density at radius 2 is 2.00 bits per heavy atom. The van der Waals surface area contributed by atoms with E-state index in [0.717, 1.165) is 0 Å². The van der Waals surface area contributed by atoms with Crippen molar-refractivity contribution < 1.29 is 4.39 Å². The van der Waals surface area contributed by atoms with Gasteiger partial charge in [-0.3, -0.25) is 0 Å². The van der Waals surface area contributed by atoms with Gasteiger partial charge in [0.1, 0.15) is 5.67 Å². The summed E-state index contributed by atoms with van der Waals surface area (Å²) in [4.78, 5) is 0. The Morgan fingerprint density at radius 1 is 1.45 bits per heavy atom. The van der Waals surface area contributed by atoms with E-state index in [1.807, 2.05) is 20.8 Å². The molecule has 0 spiro atoms. The summed E-state index contributed by atoms with van der Waals surface area (Å²) in [6.45, 7) is 5.96. The molecule has 11 heavy (non-hydrogen) atoms. The molecule has 0 aromatic heterocycles. The van der Waals surface area contributed by atoms with Crippen LogP contribution in [0.5, 0.6) is 0 Å². The van der Waals surface area contributed by atoms with Crippen molar-refractivity contribution >= 4 is 6.21 Å². The first kappa shape index (κ1) is 8.50. The molecule has 0 radical (unpaired) electrons. The van der Waals surface area contributed by atoms with Gasteiger partial charge >= 0.3 is 0 Å². The molecule has 1 fully saturated rings. The monoisotopic (exact) mass is 158 g/mol. The van der Waals surface area contributed by atoms with Crippen molar-refractivity contribution in [3.8, 4) is 0 Å². The number of alkyl halides is 1. The zero-order valence-corrected chi connectivity index (χ0v) is 7.32. The molecule has 0 atom stereocenters. The predicted octanol–water partition coefficient (Wildman–Crippen LogP) is 1.86. The van der Waals surface area contributed by atoms with Crippen molar-refractivity contribution in [2.45, 2.75) is 44.8 Å². The van der Waals surface area contributed by atoms with Gasteiger partial charge in [0.25, 0.3) is 0 Å². The van der Waals surface area contributed by atoms with Gasteiger partial charge in [0.2, 0.25) is 0 Å². The highest BCUT2D eigenvalue weighted by Gasteiger charge is 2.41. The molecule has 0 saturated heterocycles. The second-order valence-corrected chi connectivity index (χ2v) is 4.15. The number of nitrogens with zero attached hydrogens (tertiary/aromatic N) is 1. The van der Waals surface area contributed by atoms with Crippen molar-refractivity contribution in [1.82, 2.24) is 5.43 Å². The fourth-order valence-corrected chi connectivity index (χ4v) is 0.590. The molecule has 0 unspecified atom stereocenters. The van der Waals surface area contributed by atoms with E-state index >= 15 is 0 Å². The van der Waals surface area contributed by atoms with Crippen LogP contribution < -0.4 is 5.43 Å². The van der Waals surface area contributed by atoms with Crippen LogP contribution in [0.15, 0.2) is 5.10 Å². The van der Waals surface area contributed by atoms with Crippen LogP contribution >= 0.6 is 0 Å². The summed E-state index contributed by atoms with van der Waals surface area (Å²) in [5.74, 6) is 0. The lowest BCUT2D eigenvalue weighted by atomic mass is 10.1. The fourth-order valence-electron chi connectivity index (χ4n) is 0.590. The van der Waals surface area contributed by atoms with Crippen molar-refractivity contribution in [3.63, 3.8) is 0 Å². The number of halogens is 1. The van der Waals surface area contributed by atoms with Crippen molar-refractivity contribution in [1.29, 1.82) is 0 Å². The summed E-state index contributed by atoms with van der Waals surface area (Å²) < 4.78 is 12.9. The molecule has 1 aliphatic carbocycles. The number of hydrogen-bond donors (Lipinski definition) is 1. The van der Waals surface area contributed by atoms with Crippen LogP contribution in [0.2, 0.25) is 0 Å². The minimum atomic E-state index is -1.09. The highest BCUT2D eigenvalue weighted by atomic mass is 19.1. The van der Waals surface area contributed by atoms with Crippen LogP contribution in [0, 0.1) is 0 Å². The maximum atomic E-state index is 12.9. The van der Waals surface area contributed by atoms with Gasteiger partial charge in [0, 0.05) is 5.54 Å². The van der Waals surface area contributed by atoms with E-state index in [1.165, 1.54) is 6.21 Å². The van der Waals surface area contributed by atoms with E-state index in [4.69, 9.17) is 0 Å². The Morgan fingerprint density at radius 3 is 2.36 bits per heavy atom. The summed E-state index contributed by atoms with van der Waals surface area (Å²) in [6.07, 6.45) is 2.63. The normalized spacial score (nSPS) is 22.2. The van der Waals surface area contributed by atoms with Crippen LogP contribution in [0.1, 0.15) is 33.6 Å². The second-order valence-electron chi connectivity index (χ2n) is 4.15. The standard InChI is InChI=1S/C8H15FN2/c1-7(2,3)11-10-6-8(9)4-5-8/h6,11H,4-5H2,1-3H3/b10-6+. The molecule has 0 bridgehead atoms. The highest BCUT2D eigenvalue weighted by molar-refractivity contribution is 5.72. The largest absolute Gasteiger partial charge is 0.305 e. The molecule has 2 nitrogen and oxygen atoms in total. The van der Waals surface area contributed by atoms with Gasteiger partial charge in [-0.15, -0.1) is 0 Å². The van der Waals surface area contributed by atoms with Crippen LogP contribution in [-0.4, -0.2) is 17.4 Å². The smallest absolute Gasteiger partial charge is 0.147 e. The third-order valence-corrected chi connectivity index (χ3v) is 1.42. The van der Waals surface area contributed by atoms with Crippen LogP contribution in [-0.2, 0) is 0 Å². The lowest BCUT2D eigenvalue weighted by molar-refractivity contribution is 0.402. The molecule has 0 aromatic rings. The number of nitrogens with one attached hydrogen (secondary N) is 1. The molecule has 0 heterocycles. The van der Waals surface area contributed by atoms with E-state index < -0.39 is 5.67 Å². The van der Waals surface area contributed by atoms with Gasteiger partial charge in [0.05, 0.1) is 6.21 Å². The number of hydrazone groups is 1. The van der Waals surface area contributed by atoms with E-state index in [-0.39, 0.29) is 5.54 Å². The average molecular weight is 158 g/mol. The minimum absolute atomic E-state index is 0.0677. The average Bonchev–Trinajstić information content (AvgIpc) is 2.44. The summed E-state index contributed by atoms with van der Waals surface area (Å²) in [5.41, 5.74) is 1.70. The van der Waals surface area contributed by atoms with Crippen LogP contribution in [0.25, 0.3) is 0 Å². The summed E-state index contributed by atoms with van der Waals surface area (Å²) in [5, 5.41) is 3.83. The maximum Gasteiger partial charge on any atom is 0.147 e. The first-order chi connectivity index (χ1) is 4.91. The fraction of sp³-hybridized carbons (Fsp3) is 0.875. The third kappa shape index (κ3) is 3.35. The molecule has 1 N–H and O–H groups in total. The molecule has 0 amide bonds. The van der Waals surface area contributed by atoms with E-state index in [1.54, 1.807) is 0 Å². The summed E-state index contributed by atoms with van der Waals surface area (Å²) >= 11 is 0. The SMILES string of the molecule is CC(C)(C)N/N=C/C1(F)CC1. The Kier molecular flexibility index (Phi) is 1.90. The molecular weight excluding hydrogens is 143 g/mol. The topological polar surface area (TPSA) is 24.4 Å². The van der Waals surface area contributed by atoms with Gasteiger partial charge < -0.3 is 5.43 Å². The van der Waals surface area contributed by atoms with Crippen LogP contribution in [0.3, 0.4) is 0 Å². The molecule has 1 aliphatic rings. The number of hydrogen-bond acceptors (Lipinski definition) is 2. The maximum absolute atomic E-state index is 12.9. The Bertz CT molecular complexity index is 165. The molecular formula is C8H15FN2. The summed E-state index contributed by atoms with van der Waals surface area (Å²) in [6, 6.07) is 0. The van der Waals surface area contributed by atoms with Crippen molar-refractivity contribution in [2.24, 2.45) is 5.10 Å². The van der Waals surface area contributed by atoms with Crippen molar-refractivity contribution in [3.05, 3.63) is 0 Å². The van der Waals surface area contributed by atoms with Gasteiger partial charge in [0.15, 0.2) is 0 Å². The van der Waals surface area contributed by atoms with E-state index in [2.05, 4.69) is 10.5 Å². The van der Waals surface area contributed by atoms with E-state index in [9.17, 15) is 4.39 Å². The zero-order valence-electron chi connectivity index (χ0n) is 7.32. The molecule has 1 rings (SSSR count). The molecule has 64 valence electrons. The quantitative estimate of drug-likeness (QED) is 0.481. The second kappa shape index (κ2) is 2.47. The van der Waals surface area contributed by atoms with Crippen LogP contribution in [0.4, 0.5) is 4.39 Å². The molecule has 3 heteroatoms. The minimum Gasteiger partial charge on any atom is -0.305 e. The van der Waals surface area contributed by atoms with Gasteiger partial charge in [-0.1, -0.05) is 0 Å². The van der Waals surface area contributed by atoms with Gasteiger partial charge in [-0.05, 0) is 33.6 Å². The molecule has 0 aromatic carbocycles. The van der Waals surface area contributed by atoms with E-state index in [0.29, 0.717) is 12.8 Å². The first-order valence-electron chi connectivity index (χ1n) is 3.92. The number of rotatable bonds is 2. The lowest BCUT2D eigenvalue weighted by Gasteiger charge is -2.17. The zero-order chi connectivity index (χ0) is 8.54. The lowest BCUT2D eigenvalue weighted by Crippen LogP contribution is -2.31. The third-order valence-electron chi connectivity index (χ3n) is 1.42. The Labute approximate surface area is 66.9 Å². The summed E-state index contributed by atoms with van der Waals surface area (Å²) in [7, 11) is 0. The van der Waals surface area contributed by atoms with Gasteiger partial charge in [-0.2, -0.15) is 5.10 Å². The first-order valence-corrected chi connectivity index (χ1v) is 3.92. The van der Waals surface area contributed by atoms with Crippen molar-refractivity contribution in [2.75, 3.05) is 0 Å². The molecule has 0 aliphatic heterocycles. The molecule has 1 saturated carbocycles. The predicted molar refractivity (Wildman–Crippen MR) is 44.5 cm³/mol. The highest BCUT2D eigenvalue weighted by Crippen LogP contribution is 2.37. The van der Waals surface area contributed by atoms with Gasteiger partial charge in [-0.25, -0.2) is 4.39 Å². The Balaban J connectivity index is 2.26. The Hall–Kier alpha value is -0.600.